The lowest BCUT2D eigenvalue weighted by atomic mass is 9.86. The van der Waals surface area contributed by atoms with E-state index in [9.17, 15) is 10.2 Å². The smallest absolute Gasteiger partial charge is 0.150 e. The van der Waals surface area contributed by atoms with Crippen molar-refractivity contribution in [3.05, 3.63) is 83.4 Å². The molecule has 5 nitrogen and oxygen atoms in total. The van der Waals surface area contributed by atoms with Crippen LogP contribution in [0.2, 0.25) is 0 Å². The van der Waals surface area contributed by atoms with Crippen molar-refractivity contribution in [1.82, 2.24) is 4.90 Å². The number of piperidine rings is 1. The Morgan fingerprint density at radius 2 is 1.71 bits per heavy atom. The molecule has 3 aromatic carbocycles. The van der Waals surface area contributed by atoms with Crippen LogP contribution in [0, 0.1) is 11.8 Å². The lowest BCUT2D eigenvalue weighted by molar-refractivity contribution is 0.160. The first-order chi connectivity index (χ1) is 17.0. The van der Waals surface area contributed by atoms with E-state index < -0.39 is 0 Å². The number of allylic oxidation sites excluding steroid dienone is 1. The Balaban J connectivity index is 1.26. The van der Waals surface area contributed by atoms with Crippen molar-refractivity contribution in [1.29, 1.82) is 0 Å². The van der Waals surface area contributed by atoms with Crippen LogP contribution in [-0.2, 0) is 0 Å². The van der Waals surface area contributed by atoms with Crippen LogP contribution in [0.15, 0.2) is 66.7 Å². The van der Waals surface area contributed by atoms with E-state index in [1.165, 1.54) is 19.5 Å². The van der Waals surface area contributed by atoms with Crippen molar-refractivity contribution < 1.29 is 19.7 Å². The van der Waals surface area contributed by atoms with Crippen LogP contribution in [0.5, 0.6) is 23.0 Å². The Labute approximate surface area is 206 Å². The summed E-state index contributed by atoms with van der Waals surface area (Å²) in [5.41, 5.74) is 4.72. The zero-order valence-electron chi connectivity index (χ0n) is 20.1. The molecule has 0 bridgehead atoms. The highest BCUT2D eigenvalue weighted by Crippen LogP contribution is 2.48. The zero-order valence-corrected chi connectivity index (χ0v) is 20.1. The standard InChI is InChI=1S/C30H31NO4/c1-18(31-15-22-12-23(22)16-31)17-34-26-9-6-20(7-10-26)30-29(21-4-3-5-24(32)13-21)19(2)27-14-25(33)8-11-28(27)35-30/h3-11,13-14,18,22-23,30,32-33H,12,15-17H2,1-2H3. The fourth-order valence-electron chi connectivity index (χ4n) is 5.57. The molecule has 35 heavy (non-hydrogen) atoms. The van der Waals surface area contributed by atoms with E-state index in [-0.39, 0.29) is 17.6 Å². The van der Waals surface area contributed by atoms with Crippen molar-refractivity contribution in [2.45, 2.75) is 32.4 Å². The molecule has 2 aliphatic heterocycles. The van der Waals surface area contributed by atoms with Gasteiger partial charge in [-0.3, -0.25) is 4.90 Å². The summed E-state index contributed by atoms with van der Waals surface area (Å²) in [5.74, 6) is 3.84. The highest BCUT2D eigenvalue weighted by molar-refractivity contribution is 5.95. The Morgan fingerprint density at radius 3 is 2.46 bits per heavy atom. The maximum absolute atomic E-state index is 10.1. The Bertz CT molecular complexity index is 1270. The van der Waals surface area contributed by atoms with Crippen LogP contribution in [0.4, 0.5) is 0 Å². The highest BCUT2D eigenvalue weighted by Gasteiger charge is 2.46. The van der Waals surface area contributed by atoms with Crippen molar-refractivity contribution in [2.24, 2.45) is 11.8 Å². The Morgan fingerprint density at radius 1 is 0.971 bits per heavy atom. The second-order valence-electron chi connectivity index (χ2n) is 10.2. The molecular formula is C30H31NO4. The molecule has 0 amide bonds. The summed E-state index contributed by atoms with van der Waals surface area (Å²) in [6.45, 7) is 7.41. The quantitative estimate of drug-likeness (QED) is 0.472. The van der Waals surface area contributed by atoms with Gasteiger partial charge in [0.25, 0.3) is 0 Å². The van der Waals surface area contributed by atoms with Crippen LogP contribution in [-0.4, -0.2) is 40.9 Å². The molecule has 6 rings (SSSR count). The first-order valence-corrected chi connectivity index (χ1v) is 12.4. The van der Waals surface area contributed by atoms with Gasteiger partial charge < -0.3 is 19.7 Å². The number of hydrogen-bond acceptors (Lipinski definition) is 5. The molecule has 3 aromatic rings. The number of aromatic hydroxyl groups is 2. The second kappa shape index (κ2) is 8.65. The second-order valence-corrected chi connectivity index (χ2v) is 10.2. The number of hydrogen-bond donors (Lipinski definition) is 2. The molecule has 2 N–H and O–H groups in total. The van der Waals surface area contributed by atoms with Gasteiger partial charge in [-0.2, -0.15) is 0 Å². The van der Waals surface area contributed by atoms with Gasteiger partial charge in [0.1, 0.15) is 35.7 Å². The van der Waals surface area contributed by atoms with Crippen LogP contribution < -0.4 is 9.47 Å². The first-order valence-electron chi connectivity index (χ1n) is 12.4. The highest BCUT2D eigenvalue weighted by atomic mass is 16.5. The van der Waals surface area contributed by atoms with Crippen molar-refractivity contribution >= 4 is 11.1 Å². The van der Waals surface area contributed by atoms with E-state index in [1.54, 1.807) is 24.3 Å². The van der Waals surface area contributed by atoms with E-state index in [0.717, 1.165) is 51.2 Å². The number of phenols is 2. The molecule has 3 aliphatic rings. The van der Waals surface area contributed by atoms with Gasteiger partial charge in [0, 0.05) is 30.3 Å². The lowest BCUT2D eigenvalue weighted by Crippen LogP contribution is -2.36. The molecule has 1 saturated carbocycles. The Hall–Kier alpha value is -3.44. The van der Waals surface area contributed by atoms with E-state index in [4.69, 9.17) is 9.47 Å². The van der Waals surface area contributed by atoms with Gasteiger partial charge >= 0.3 is 0 Å². The van der Waals surface area contributed by atoms with E-state index in [2.05, 4.69) is 24.0 Å². The molecule has 1 aliphatic carbocycles. The molecule has 4 atom stereocenters. The third-order valence-electron chi connectivity index (χ3n) is 7.74. The topological polar surface area (TPSA) is 62.2 Å². The number of likely N-dealkylation sites (tertiary alicyclic amines) is 1. The normalized spacial score (nSPS) is 23.9. The minimum atomic E-state index is -0.349. The van der Waals surface area contributed by atoms with Crippen LogP contribution in [0.3, 0.4) is 0 Å². The van der Waals surface area contributed by atoms with Crippen molar-refractivity contribution in [2.75, 3.05) is 19.7 Å². The zero-order chi connectivity index (χ0) is 24.1. The van der Waals surface area contributed by atoms with E-state index in [0.29, 0.717) is 12.6 Å². The maximum Gasteiger partial charge on any atom is 0.150 e. The molecule has 2 heterocycles. The Kier molecular flexibility index (Phi) is 5.45. The van der Waals surface area contributed by atoms with E-state index >= 15 is 0 Å². The molecule has 0 aromatic heterocycles. The number of fused-ring (bicyclic) bond motifs is 2. The summed E-state index contributed by atoms with van der Waals surface area (Å²) < 4.78 is 12.6. The fourth-order valence-corrected chi connectivity index (χ4v) is 5.57. The summed E-state index contributed by atoms with van der Waals surface area (Å²) in [6.07, 6.45) is 1.07. The number of phenolic OH excluding ortho intramolecular Hbond substituents is 2. The predicted molar refractivity (Wildman–Crippen MR) is 137 cm³/mol. The van der Waals surface area contributed by atoms with Gasteiger partial charge in [0.05, 0.1) is 0 Å². The number of nitrogens with zero attached hydrogens (tertiary/aromatic N) is 1. The molecular weight excluding hydrogens is 438 g/mol. The summed E-state index contributed by atoms with van der Waals surface area (Å²) >= 11 is 0. The van der Waals surface area contributed by atoms with Crippen molar-refractivity contribution in [3.8, 4) is 23.0 Å². The molecule has 1 saturated heterocycles. The van der Waals surface area contributed by atoms with Gasteiger partial charge in [-0.25, -0.2) is 0 Å². The minimum Gasteiger partial charge on any atom is -0.508 e. The third kappa shape index (κ3) is 4.25. The van der Waals surface area contributed by atoms with Gasteiger partial charge in [0.15, 0.2) is 0 Å². The van der Waals surface area contributed by atoms with Gasteiger partial charge in [0.2, 0.25) is 0 Å². The van der Waals surface area contributed by atoms with Crippen LogP contribution in [0.25, 0.3) is 11.1 Å². The summed E-state index contributed by atoms with van der Waals surface area (Å²) in [4.78, 5) is 2.55. The average Bonchev–Trinajstić information content (AvgIpc) is 3.47. The monoisotopic (exact) mass is 469 g/mol. The predicted octanol–water partition coefficient (Wildman–Crippen LogP) is 5.88. The molecule has 5 heteroatoms. The SMILES string of the molecule is CC1=C(c2cccc(O)c2)C(c2ccc(OCC(C)N3CC4CC4C3)cc2)Oc2ccc(O)cc21. The van der Waals surface area contributed by atoms with Crippen LogP contribution >= 0.6 is 0 Å². The van der Waals surface area contributed by atoms with E-state index in [1.807, 2.05) is 37.3 Å². The van der Waals surface area contributed by atoms with Crippen LogP contribution in [0.1, 0.15) is 43.1 Å². The summed E-state index contributed by atoms with van der Waals surface area (Å²) in [7, 11) is 0. The number of ether oxygens (including phenoxy) is 2. The first kappa shape index (κ1) is 22.1. The van der Waals surface area contributed by atoms with Gasteiger partial charge in [-0.15, -0.1) is 0 Å². The number of benzene rings is 3. The third-order valence-corrected chi connectivity index (χ3v) is 7.74. The average molecular weight is 470 g/mol. The largest absolute Gasteiger partial charge is 0.508 e. The fraction of sp³-hybridized carbons (Fsp3) is 0.333. The number of rotatable bonds is 6. The maximum atomic E-state index is 10.1. The molecule has 2 fully saturated rings. The van der Waals surface area contributed by atoms with Gasteiger partial charge in [-0.05, 0) is 91.3 Å². The summed E-state index contributed by atoms with van der Waals surface area (Å²) in [6, 6.07) is 20.9. The molecule has 180 valence electrons. The summed E-state index contributed by atoms with van der Waals surface area (Å²) in [5, 5.41) is 20.2. The minimum absolute atomic E-state index is 0.196. The molecule has 4 unspecified atom stereocenters. The molecule has 0 radical (unpaired) electrons. The van der Waals surface area contributed by atoms with Crippen molar-refractivity contribution in [3.63, 3.8) is 0 Å². The lowest BCUT2D eigenvalue weighted by Gasteiger charge is -2.31. The van der Waals surface area contributed by atoms with Gasteiger partial charge in [-0.1, -0.05) is 24.3 Å². The molecule has 0 spiro atoms.